The first-order valence-electron chi connectivity index (χ1n) is 11.0. The third-order valence-electron chi connectivity index (χ3n) is 7.67. The van der Waals surface area contributed by atoms with Crippen molar-refractivity contribution in [2.45, 2.75) is 64.2 Å². The molecule has 0 aliphatic heterocycles. The first-order chi connectivity index (χ1) is 13.5. The van der Waals surface area contributed by atoms with Gasteiger partial charge in [0.2, 0.25) is 5.91 Å². The van der Waals surface area contributed by atoms with Crippen LogP contribution in [0.3, 0.4) is 0 Å². The van der Waals surface area contributed by atoms with Gasteiger partial charge in [-0.3, -0.25) is 4.79 Å². The van der Waals surface area contributed by atoms with Crippen LogP contribution in [0.25, 0.3) is 0 Å². The maximum Gasteiger partial charge on any atom is 0.228 e. The fraction of sp³-hybridized carbons (Fsp3) is 0.500. The number of benzene rings is 2. The van der Waals surface area contributed by atoms with Crippen LogP contribution >= 0.6 is 0 Å². The number of hydrogen-bond donors (Lipinski definition) is 1. The summed E-state index contributed by atoms with van der Waals surface area (Å²) in [5, 5.41) is 3.10. The number of nitrogens with one attached hydrogen (secondary N) is 1. The second-order valence-electron chi connectivity index (χ2n) is 9.93. The minimum atomic E-state index is 0.0660. The van der Waals surface area contributed by atoms with Gasteiger partial charge in [0, 0.05) is 5.69 Å². The maximum atomic E-state index is 12.5. The van der Waals surface area contributed by atoms with Crippen molar-refractivity contribution in [1.29, 1.82) is 0 Å². The Kier molecular flexibility index (Phi) is 4.34. The highest BCUT2D eigenvalue weighted by molar-refractivity contribution is 5.92. The fourth-order valence-electron chi connectivity index (χ4n) is 6.74. The van der Waals surface area contributed by atoms with Crippen LogP contribution in [0.1, 0.15) is 60.8 Å². The zero-order chi connectivity index (χ0) is 19.3. The SMILES string of the molecule is Cc1ccc(C)c(CC(=O)Nc2ccc(C34CC5CC(CC(C5)C3)C4)cc2)c1. The van der Waals surface area contributed by atoms with Crippen LogP contribution in [-0.4, -0.2) is 5.91 Å². The molecular formula is C26H31NO. The molecule has 0 heterocycles. The van der Waals surface area contributed by atoms with Crippen molar-refractivity contribution in [2.75, 3.05) is 5.32 Å². The lowest BCUT2D eigenvalue weighted by Crippen LogP contribution is -2.48. The standard InChI is InChI=1S/C26H31NO/c1-17-3-4-18(2)22(9-17)13-25(28)27-24-7-5-23(6-8-24)26-14-19-10-20(15-26)12-21(11-19)16-26/h3-9,19-21H,10-16H2,1-2H3,(H,27,28). The quantitative estimate of drug-likeness (QED) is 0.705. The summed E-state index contributed by atoms with van der Waals surface area (Å²) in [6.07, 6.45) is 9.03. The largest absolute Gasteiger partial charge is 0.326 e. The van der Waals surface area contributed by atoms with Crippen LogP contribution in [0, 0.1) is 31.6 Å². The Bertz CT molecular complexity index is 860. The molecule has 0 atom stereocenters. The highest BCUT2D eigenvalue weighted by Crippen LogP contribution is 2.60. The number of carbonyl (C=O) groups is 1. The molecule has 4 aliphatic carbocycles. The van der Waals surface area contributed by atoms with Gasteiger partial charge in [-0.1, -0.05) is 35.9 Å². The van der Waals surface area contributed by atoms with Crippen molar-refractivity contribution < 1.29 is 4.79 Å². The van der Waals surface area contributed by atoms with E-state index in [2.05, 4.69) is 61.6 Å². The van der Waals surface area contributed by atoms with Crippen LogP contribution in [-0.2, 0) is 16.6 Å². The summed E-state index contributed by atoms with van der Waals surface area (Å²) >= 11 is 0. The van der Waals surface area contributed by atoms with E-state index in [0.717, 1.165) is 29.0 Å². The zero-order valence-corrected chi connectivity index (χ0v) is 17.1. The van der Waals surface area contributed by atoms with Crippen molar-refractivity contribution in [3.8, 4) is 0 Å². The van der Waals surface area contributed by atoms with E-state index >= 15 is 0 Å². The predicted octanol–water partition coefficient (Wildman–Crippen LogP) is 5.95. The molecule has 2 aromatic carbocycles. The number of anilines is 1. The van der Waals surface area contributed by atoms with E-state index in [1.165, 1.54) is 55.2 Å². The summed E-state index contributed by atoms with van der Waals surface area (Å²) in [7, 11) is 0. The van der Waals surface area contributed by atoms with Crippen molar-refractivity contribution in [3.63, 3.8) is 0 Å². The van der Waals surface area contributed by atoms with Crippen molar-refractivity contribution in [2.24, 2.45) is 17.8 Å². The number of amides is 1. The minimum Gasteiger partial charge on any atom is -0.326 e. The van der Waals surface area contributed by atoms with Gasteiger partial charge in [-0.15, -0.1) is 0 Å². The van der Waals surface area contributed by atoms with Crippen LogP contribution in [0.15, 0.2) is 42.5 Å². The fourth-order valence-corrected chi connectivity index (χ4v) is 6.74. The van der Waals surface area contributed by atoms with Crippen LogP contribution in [0.4, 0.5) is 5.69 Å². The first-order valence-corrected chi connectivity index (χ1v) is 11.0. The summed E-state index contributed by atoms with van der Waals surface area (Å²) in [5.41, 5.74) is 6.35. The Morgan fingerprint density at radius 3 is 2.14 bits per heavy atom. The summed E-state index contributed by atoms with van der Waals surface area (Å²) in [4.78, 5) is 12.5. The molecule has 4 aliphatic rings. The second-order valence-corrected chi connectivity index (χ2v) is 9.93. The van der Waals surface area contributed by atoms with Gasteiger partial charge < -0.3 is 5.32 Å². The molecule has 0 unspecified atom stereocenters. The predicted molar refractivity (Wildman–Crippen MR) is 115 cm³/mol. The molecule has 1 amide bonds. The van der Waals surface area contributed by atoms with E-state index in [0.29, 0.717) is 11.8 Å². The zero-order valence-electron chi connectivity index (χ0n) is 17.1. The monoisotopic (exact) mass is 373 g/mol. The molecule has 1 N–H and O–H groups in total. The Morgan fingerprint density at radius 2 is 1.54 bits per heavy atom. The molecule has 4 bridgehead atoms. The van der Waals surface area contributed by atoms with Gasteiger partial charge in [-0.25, -0.2) is 0 Å². The molecule has 4 fully saturated rings. The summed E-state index contributed by atoms with van der Waals surface area (Å²) in [6.45, 7) is 4.15. The van der Waals surface area contributed by atoms with Gasteiger partial charge in [0.05, 0.1) is 6.42 Å². The lowest BCUT2D eigenvalue weighted by molar-refractivity contribution is -0.115. The van der Waals surface area contributed by atoms with Gasteiger partial charge in [0.1, 0.15) is 0 Å². The molecule has 146 valence electrons. The summed E-state index contributed by atoms with van der Waals surface area (Å²) < 4.78 is 0. The van der Waals surface area contributed by atoms with E-state index in [9.17, 15) is 4.79 Å². The van der Waals surface area contributed by atoms with Crippen LogP contribution < -0.4 is 5.32 Å². The van der Waals surface area contributed by atoms with E-state index in [-0.39, 0.29) is 5.91 Å². The van der Waals surface area contributed by atoms with Gasteiger partial charge in [-0.2, -0.15) is 0 Å². The maximum absolute atomic E-state index is 12.5. The molecule has 28 heavy (non-hydrogen) atoms. The number of aryl methyl sites for hydroxylation is 2. The number of hydrogen-bond acceptors (Lipinski definition) is 1. The molecule has 0 radical (unpaired) electrons. The summed E-state index contributed by atoms with van der Waals surface area (Å²) in [6, 6.07) is 15.1. The molecule has 0 spiro atoms. The van der Waals surface area contributed by atoms with Crippen molar-refractivity contribution >= 4 is 11.6 Å². The van der Waals surface area contributed by atoms with E-state index in [1.54, 1.807) is 0 Å². The molecule has 4 saturated carbocycles. The topological polar surface area (TPSA) is 29.1 Å². The van der Waals surface area contributed by atoms with Gasteiger partial charge >= 0.3 is 0 Å². The molecule has 0 saturated heterocycles. The molecule has 2 heteroatoms. The number of rotatable bonds is 4. The Balaban J connectivity index is 1.28. The van der Waals surface area contributed by atoms with Gasteiger partial charge in [0.25, 0.3) is 0 Å². The van der Waals surface area contributed by atoms with Crippen molar-refractivity contribution in [3.05, 3.63) is 64.7 Å². The minimum absolute atomic E-state index is 0.0660. The third-order valence-corrected chi connectivity index (χ3v) is 7.67. The van der Waals surface area contributed by atoms with Crippen molar-refractivity contribution in [1.82, 2.24) is 0 Å². The van der Waals surface area contributed by atoms with Crippen LogP contribution in [0.5, 0.6) is 0 Å². The molecular weight excluding hydrogens is 342 g/mol. The molecule has 6 rings (SSSR count). The average Bonchev–Trinajstić information content (AvgIpc) is 2.64. The smallest absolute Gasteiger partial charge is 0.228 e. The van der Waals surface area contributed by atoms with E-state index < -0.39 is 0 Å². The normalized spacial score (nSPS) is 30.4. The Hall–Kier alpha value is -2.09. The molecule has 2 nitrogen and oxygen atoms in total. The third kappa shape index (κ3) is 3.27. The van der Waals surface area contributed by atoms with E-state index in [1.807, 2.05) is 0 Å². The lowest BCUT2D eigenvalue weighted by Gasteiger charge is -2.57. The molecule has 0 aromatic heterocycles. The van der Waals surface area contributed by atoms with Gasteiger partial charge in [-0.05, 0) is 104 Å². The van der Waals surface area contributed by atoms with Gasteiger partial charge in [0.15, 0.2) is 0 Å². The summed E-state index contributed by atoms with van der Waals surface area (Å²) in [5.74, 6) is 2.95. The van der Waals surface area contributed by atoms with Crippen LogP contribution in [0.2, 0.25) is 0 Å². The second kappa shape index (κ2) is 6.76. The highest BCUT2D eigenvalue weighted by atomic mass is 16.1. The Morgan fingerprint density at radius 1 is 0.929 bits per heavy atom. The first kappa shape index (κ1) is 18.0. The lowest BCUT2D eigenvalue weighted by atomic mass is 9.48. The molecule has 2 aromatic rings. The highest BCUT2D eigenvalue weighted by Gasteiger charge is 2.51. The van der Waals surface area contributed by atoms with E-state index in [4.69, 9.17) is 0 Å². The average molecular weight is 374 g/mol. The Labute approximate surface area is 168 Å². The number of carbonyl (C=O) groups excluding carboxylic acids is 1.